The monoisotopic (exact) mass is 291 g/mol. The first kappa shape index (κ1) is 15.6. The fraction of sp³-hybridized carbons (Fsp3) is 0.562. The number of esters is 1. The predicted octanol–water partition coefficient (Wildman–Crippen LogP) is 1.98. The Morgan fingerprint density at radius 2 is 2.14 bits per heavy atom. The van der Waals surface area contributed by atoms with Crippen molar-refractivity contribution < 1.29 is 9.53 Å². The molecule has 116 valence electrons. The summed E-state index contributed by atoms with van der Waals surface area (Å²) in [5.41, 5.74) is 8.13. The van der Waals surface area contributed by atoms with Crippen LogP contribution in [-0.2, 0) is 4.74 Å². The molecule has 1 aliphatic heterocycles. The fourth-order valence-corrected chi connectivity index (χ4v) is 3.17. The molecule has 1 unspecified atom stereocenters. The summed E-state index contributed by atoms with van der Waals surface area (Å²) in [7, 11) is 1.40. The summed E-state index contributed by atoms with van der Waals surface area (Å²) in [4.78, 5) is 16.6. The maximum Gasteiger partial charge on any atom is 0.340 e. The van der Waals surface area contributed by atoms with Gasteiger partial charge in [0, 0.05) is 19.1 Å². The van der Waals surface area contributed by atoms with Crippen LogP contribution in [0.15, 0.2) is 18.2 Å². The van der Waals surface area contributed by atoms with Gasteiger partial charge in [0.2, 0.25) is 0 Å². The van der Waals surface area contributed by atoms with Crippen LogP contribution in [0.2, 0.25) is 0 Å². The third-order valence-corrected chi connectivity index (χ3v) is 4.28. The van der Waals surface area contributed by atoms with Crippen molar-refractivity contribution in [2.45, 2.75) is 26.3 Å². The number of hydrogen-bond donors (Lipinski definition) is 1. The second kappa shape index (κ2) is 6.80. The number of carbonyl (C=O) groups is 1. The number of hydrogen-bond acceptors (Lipinski definition) is 5. The van der Waals surface area contributed by atoms with Crippen molar-refractivity contribution >= 4 is 17.3 Å². The fourth-order valence-electron chi connectivity index (χ4n) is 3.17. The Hall–Kier alpha value is -1.75. The number of likely N-dealkylation sites (N-methyl/N-ethyl adjacent to an activating group) is 1. The van der Waals surface area contributed by atoms with Crippen molar-refractivity contribution in [3.05, 3.63) is 23.8 Å². The number of nitrogens with zero attached hydrogens (tertiary/aromatic N) is 2. The number of anilines is 2. The second-order valence-electron chi connectivity index (χ2n) is 5.34. The first-order valence-corrected chi connectivity index (χ1v) is 7.58. The topological polar surface area (TPSA) is 58.8 Å². The summed E-state index contributed by atoms with van der Waals surface area (Å²) in [6, 6.07) is 5.93. The minimum absolute atomic E-state index is 0.330. The molecule has 0 bridgehead atoms. The minimum Gasteiger partial charge on any atom is -0.465 e. The molecule has 0 amide bonds. The van der Waals surface area contributed by atoms with Gasteiger partial charge in [-0.05, 0) is 31.6 Å². The molecule has 0 aliphatic carbocycles. The smallest absolute Gasteiger partial charge is 0.340 e. The molecule has 0 saturated carbocycles. The van der Waals surface area contributed by atoms with Crippen LogP contribution in [0.4, 0.5) is 11.4 Å². The molecule has 1 fully saturated rings. The van der Waals surface area contributed by atoms with Crippen LogP contribution in [0.3, 0.4) is 0 Å². The third-order valence-electron chi connectivity index (χ3n) is 4.28. The Morgan fingerprint density at radius 1 is 1.43 bits per heavy atom. The molecular weight excluding hydrogens is 266 g/mol. The average Bonchev–Trinajstić information content (AvgIpc) is 2.96. The van der Waals surface area contributed by atoms with E-state index in [0.717, 1.165) is 38.3 Å². The van der Waals surface area contributed by atoms with Gasteiger partial charge in [-0.3, -0.25) is 4.90 Å². The number of nitrogen functional groups attached to an aromatic ring is 1. The molecule has 5 heteroatoms. The molecule has 0 aromatic heterocycles. The van der Waals surface area contributed by atoms with E-state index >= 15 is 0 Å². The van der Waals surface area contributed by atoms with E-state index in [0.29, 0.717) is 17.3 Å². The van der Waals surface area contributed by atoms with Crippen LogP contribution in [-0.4, -0.2) is 50.2 Å². The number of rotatable bonds is 5. The van der Waals surface area contributed by atoms with Crippen molar-refractivity contribution in [2.24, 2.45) is 0 Å². The average molecular weight is 291 g/mol. The lowest BCUT2D eigenvalue weighted by Gasteiger charge is -2.27. The van der Waals surface area contributed by atoms with Gasteiger partial charge in [-0.25, -0.2) is 4.79 Å². The molecule has 5 nitrogen and oxygen atoms in total. The molecule has 0 radical (unpaired) electrons. The summed E-state index contributed by atoms with van der Waals surface area (Å²) in [6.07, 6.45) is 1.09. The molecule has 1 atom stereocenters. The van der Waals surface area contributed by atoms with Gasteiger partial charge in [0.15, 0.2) is 0 Å². The van der Waals surface area contributed by atoms with E-state index in [1.54, 1.807) is 12.1 Å². The lowest BCUT2D eigenvalue weighted by molar-refractivity contribution is 0.0601. The Labute approximate surface area is 126 Å². The number of methoxy groups -OCH3 is 1. The van der Waals surface area contributed by atoms with Crippen molar-refractivity contribution in [1.29, 1.82) is 0 Å². The minimum atomic E-state index is -0.330. The van der Waals surface area contributed by atoms with Gasteiger partial charge in [0.05, 0.1) is 24.0 Å². The van der Waals surface area contributed by atoms with Crippen molar-refractivity contribution in [1.82, 2.24) is 4.90 Å². The van der Waals surface area contributed by atoms with Gasteiger partial charge in [-0.15, -0.1) is 0 Å². The highest BCUT2D eigenvalue weighted by atomic mass is 16.5. The van der Waals surface area contributed by atoms with E-state index in [1.165, 1.54) is 7.11 Å². The summed E-state index contributed by atoms with van der Waals surface area (Å²) < 4.78 is 4.88. The molecular formula is C16H25N3O2. The molecule has 1 saturated heterocycles. The highest BCUT2D eigenvalue weighted by Gasteiger charge is 2.29. The van der Waals surface area contributed by atoms with Crippen molar-refractivity contribution in [3.63, 3.8) is 0 Å². The SMILES string of the molecule is CCN(CC)C1CCN(c2c(N)cccc2C(=O)OC)C1. The van der Waals surface area contributed by atoms with Crippen LogP contribution in [0, 0.1) is 0 Å². The molecule has 1 heterocycles. The number of ether oxygens (including phenoxy) is 1. The van der Waals surface area contributed by atoms with Crippen LogP contribution in [0.25, 0.3) is 0 Å². The Balaban J connectivity index is 2.25. The normalized spacial score (nSPS) is 18.3. The van der Waals surface area contributed by atoms with Crippen LogP contribution >= 0.6 is 0 Å². The van der Waals surface area contributed by atoms with Gasteiger partial charge >= 0.3 is 5.97 Å². The lowest BCUT2D eigenvalue weighted by Crippen LogP contribution is -2.37. The summed E-state index contributed by atoms with van der Waals surface area (Å²) in [5, 5.41) is 0. The largest absolute Gasteiger partial charge is 0.465 e. The highest BCUT2D eigenvalue weighted by Crippen LogP contribution is 2.32. The molecule has 1 aromatic rings. The van der Waals surface area contributed by atoms with Crippen LogP contribution < -0.4 is 10.6 Å². The quantitative estimate of drug-likeness (QED) is 0.664. The third kappa shape index (κ3) is 3.13. The first-order chi connectivity index (χ1) is 10.1. The maximum absolute atomic E-state index is 12.0. The molecule has 21 heavy (non-hydrogen) atoms. The maximum atomic E-state index is 12.0. The van der Waals surface area contributed by atoms with E-state index < -0.39 is 0 Å². The number of para-hydroxylation sites is 1. The van der Waals surface area contributed by atoms with E-state index in [1.807, 2.05) is 6.07 Å². The highest BCUT2D eigenvalue weighted by molar-refractivity contribution is 5.99. The molecule has 2 N–H and O–H groups in total. The summed E-state index contributed by atoms with van der Waals surface area (Å²) in [5.74, 6) is -0.330. The van der Waals surface area contributed by atoms with Gasteiger partial charge in [-0.2, -0.15) is 0 Å². The number of benzene rings is 1. The zero-order chi connectivity index (χ0) is 15.4. The van der Waals surface area contributed by atoms with Gasteiger partial charge < -0.3 is 15.4 Å². The van der Waals surface area contributed by atoms with E-state index in [4.69, 9.17) is 10.5 Å². The molecule has 1 aliphatic rings. The van der Waals surface area contributed by atoms with Gasteiger partial charge in [-0.1, -0.05) is 19.9 Å². The van der Waals surface area contributed by atoms with Gasteiger partial charge in [0.1, 0.15) is 0 Å². The van der Waals surface area contributed by atoms with E-state index in [-0.39, 0.29) is 5.97 Å². The Morgan fingerprint density at radius 3 is 2.76 bits per heavy atom. The Bertz CT molecular complexity index is 500. The second-order valence-corrected chi connectivity index (χ2v) is 5.34. The first-order valence-electron chi connectivity index (χ1n) is 7.58. The zero-order valence-electron chi connectivity index (χ0n) is 13.1. The van der Waals surface area contributed by atoms with Crippen molar-refractivity contribution in [3.8, 4) is 0 Å². The summed E-state index contributed by atoms with van der Waals surface area (Å²) in [6.45, 7) is 8.28. The summed E-state index contributed by atoms with van der Waals surface area (Å²) >= 11 is 0. The number of nitrogens with two attached hydrogens (primary N) is 1. The molecule has 1 aromatic carbocycles. The molecule has 2 rings (SSSR count). The lowest BCUT2D eigenvalue weighted by atomic mass is 10.1. The Kier molecular flexibility index (Phi) is 5.07. The predicted molar refractivity (Wildman–Crippen MR) is 85.7 cm³/mol. The molecule has 0 spiro atoms. The van der Waals surface area contributed by atoms with E-state index in [2.05, 4.69) is 23.6 Å². The van der Waals surface area contributed by atoms with E-state index in [9.17, 15) is 4.79 Å². The standard InChI is InChI=1S/C16H25N3O2/c1-4-18(5-2)12-9-10-19(11-12)15-13(16(20)21-3)7-6-8-14(15)17/h6-8,12H,4-5,9-11,17H2,1-3H3. The van der Waals surface area contributed by atoms with Crippen LogP contribution in [0.5, 0.6) is 0 Å². The van der Waals surface area contributed by atoms with Crippen LogP contribution in [0.1, 0.15) is 30.6 Å². The van der Waals surface area contributed by atoms with Crippen molar-refractivity contribution in [2.75, 3.05) is 43.9 Å². The van der Waals surface area contributed by atoms with Gasteiger partial charge in [0.25, 0.3) is 0 Å². The zero-order valence-corrected chi connectivity index (χ0v) is 13.1. The number of carbonyl (C=O) groups excluding carboxylic acids is 1.